The summed E-state index contributed by atoms with van der Waals surface area (Å²) < 4.78 is 15.0. The van der Waals surface area contributed by atoms with Gasteiger partial charge in [0, 0.05) is 12.8 Å². The monoisotopic (exact) mass is 269 g/mol. The van der Waals surface area contributed by atoms with Crippen LogP contribution in [0.4, 0.5) is 5.69 Å². The highest BCUT2D eigenvalue weighted by Gasteiger charge is 2.33. The van der Waals surface area contributed by atoms with Crippen molar-refractivity contribution in [2.24, 2.45) is 0 Å². The molecule has 1 aliphatic rings. The molecule has 1 unspecified atom stereocenters. The average Bonchev–Trinajstić information content (AvgIpc) is 2.67. The topological polar surface area (TPSA) is 56.8 Å². The van der Waals surface area contributed by atoms with Crippen LogP contribution >= 0.6 is 11.6 Å². The number of cyclic esters (lactones) is 1. The van der Waals surface area contributed by atoms with Gasteiger partial charge in [-0.3, -0.25) is 0 Å². The van der Waals surface area contributed by atoms with Gasteiger partial charge in [-0.05, 0) is 24.3 Å². The number of benzene rings is 1. The first-order chi connectivity index (χ1) is 8.65. The zero-order valence-electron chi connectivity index (χ0n) is 9.90. The number of rotatable bonds is 4. The lowest BCUT2D eigenvalue weighted by Crippen LogP contribution is -2.18. The molecule has 0 aromatic heterocycles. The predicted molar refractivity (Wildman–Crippen MR) is 66.4 cm³/mol. The first-order valence-electron chi connectivity index (χ1n) is 5.20. The standard InChI is InChI=1S/C12H12ClNO4/c1-16-8-5-3-7(4-6-8)14-10-9(13)11(15)18-12(10)17-2/h3-6,12,14H,1-2H3. The Kier molecular flexibility index (Phi) is 3.74. The van der Waals surface area contributed by atoms with Gasteiger partial charge in [-0.2, -0.15) is 0 Å². The lowest BCUT2D eigenvalue weighted by Gasteiger charge is -2.14. The summed E-state index contributed by atoms with van der Waals surface area (Å²) in [5, 5.41) is 2.99. The molecule has 0 spiro atoms. The molecule has 18 heavy (non-hydrogen) atoms. The molecule has 1 N–H and O–H groups in total. The maximum atomic E-state index is 11.3. The molecule has 96 valence electrons. The predicted octanol–water partition coefficient (Wildman–Crippen LogP) is 2.09. The molecule has 1 heterocycles. The number of carbonyl (C=O) groups is 1. The third kappa shape index (κ3) is 2.42. The zero-order chi connectivity index (χ0) is 13.1. The molecule has 1 aromatic rings. The molecular formula is C12H12ClNO4. The van der Waals surface area contributed by atoms with Crippen molar-refractivity contribution in [2.75, 3.05) is 19.5 Å². The SMILES string of the molecule is COc1ccc(NC2=C(Cl)C(=O)OC2OC)cc1. The third-order valence-corrected chi connectivity index (χ3v) is 2.81. The molecule has 1 atom stereocenters. The van der Waals surface area contributed by atoms with E-state index >= 15 is 0 Å². The van der Waals surface area contributed by atoms with Crippen molar-refractivity contribution in [3.63, 3.8) is 0 Å². The lowest BCUT2D eigenvalue weighted by molar-refractivity contribution is -0.155. The minimum atomic E-state index is -0.799. The summed E-state index contributed by atoms with van der Waals surface area (Å²) in [7, 11) is 3.02. The van der Waals surface area contributed by atoms with E-state index in [1.165, 1.54) is 7.11 Å². The van der Waals surface area contributed by atoms with Crippen molar-refractivity contribution in [1.82, 2.24) is 0 Å². The molecule has 0 bridgehead atoms. The van der Waals surface area contributed by atoms with Crippen molar-refractivity contribution in [3.05, 3.63) is 35.0 Å². The van der Waals surface area contributed by atoms with Gasteiger partial charge in [0.1, 0.15) is 11.4 Å². The Morgan fingerprint density at radius 1 is 1.28 bits per heavy atom. The van der Waals surface area contributed by atoms with E-state index in [1.54, 1.807) is 31.4 Å². The largest absolute Gasteiger partial charge is 0.497 e. The van der Waals surface area contributed by atoms with E-state index in [2.05, 4.69) is 5.32 Å². The minimum absolute atomic E-state index is 0.00216. The Balaban J connectivity index is 2.19. The number of halogens is 1. The number of anilines is 1. The summed E-state index contributed by atoms with van der Waals surface area (Å²) in [6.07, 6.45) is -0.799. The van der Waals surface area contributed by atoms with Crippen molar-refractivity contribution >= 4 is 23.3 Å². The van der Waals surface area contributed by atoms with E-state index in [0.717, 1.165) is 11.4 Å². The smallest absolute Gasteiger partial charge is 0.354 e. The summed E-state index contributed by atoms with van der Waals surface area (Å²) in [6, 6.07) is 7.17. The van der Waals surface area contributed by atoms with Crippen molar-refractivity contribution in [3.8, 4) is 5.75 Å². The number of carbonyl (C=O) groups excluding carboxylic acids is 1. The summed E-state index contributed by atoms with van der Waals surface area (Å²) in [6.45, 7) is 0. The number of esters is 1. The Bertz CT molecular complexity index is 483. The highest BCUT2D eigenvalue weighted by atomic mass is 35.5. The van der Waals surface area contributed by atoms with Gasteiger partial charge >= 0.3 is 5.97 Å². The van der Waals surface area contributed by atoms with E-state index in [1.807, 2.05) is 0 Å². The molecule has 0 fully saturated rings. The molecule has 0 saturated heterocycles. The van der Waals surface area contributed by atoms with Gasteiger partial charge in [0.2, 0.25) is 6.29 Å². The summed E-state index contributed by atoms with van der Waals surface area (Å²) in [4.78, 5) is 11.3. The van der Waals surface area contributed by atoms with Crippen LogP contribution < -0.4 is 10.1 Å². The van der Waals surface area contributed by atoms with Crippen LogP contribution in [-0.4, -0.2) is 26.5 Å². The van der Waals surface area contributed by atoms with Crippen molar-refractivity contribution in [2.45, 2.75) is 6.29 Å². The number of nitrogens with one attached hydrogen (secondary N) is 1. The molecule has 5 nitrogen and oxygen atoms in total. The second-order valence-corrected chi connectivity index (χ2v) is 3.93. The molecule has 0 aliphatic carbocycles. The number of hydrogen-bond acceptors (Lipinski definition) is 5. The van der Waals surface area contributed by atoms with Crippen LogP contribution in [0.25, 0.3) is 0 Å². The highest BCUT2D eigenvalue weighted by Crippen LogP contribution is 2.28. The van der Waals surface area contributed by atoms with E-state index in [-0.39, 0.29) is 5.03 Å². The van der Waals surface area contributed by atoms with Crippen molar-refractivity contribution < 1.29 is 19.0 Å². The number of ether oxygens (including phenoxy) is 3. The van der Waals surface area contributed by atoms with Crippen LogP contribution in [0, 0.1) is 0 Å². The Hall–Kier alpha value is -1.72. The highest BCUT2D eigenvalue weighted by molar-refractivity contribution is 6.42. The molecule has 1 aromatic carbocycles. The fraction of sp³-hybridized carbons (Fsp3) is 0.250. The van der Waals surface area contributed by atoms with Gasteiger partial charge < -0.3 is 19.5 Å². The summed E-state index contributed by atoms with van der Waals surface area (Å²) in [5.74, 6) is 0.141. The maximum Gasteiger partial charge on any atom is 0.354 e. The zero-order valence-corrected chi connectivity index (χ0v) is 10.7. The molecule has 0 radical (unpaired) electrons. The average molecular weight is 270 g/mol. The minimum Gasteiger partial charge on any atom is -0.497 e. The lowest BCUT2D eigenvalue weighted by atomic mass is 10.3. The molecule has 0 saturated carbocycles. The van der Waals surface area contributed by atoms with Crippen LogP contribution in [0.3, 0.4) is 0 Å². The second kappa shape index (κ2) is 5.29. The number of methoxy groups -OCH3 is 2. The van der Waals surface area contributed by atoms with Gasteiger partial charge in [-0.15, -0.1) is 0 Å². The third-order valence-electron chi connectivity index (χ3n) is 2.45. The molecule has 1 aliphatic heterocycles. The van der Waals surface area contributed by atoms with Crippen molar-refractivity contribution in [1.29, 1.82) is 0 Å². The van der Waals surface area contributed by atoms with E-state index in [9.17, 15) is 4.79 Å². The van der Waals surface area contributed by atoms with E-state index in [0.29, 0.717) is 5.70 Å². The normalized spacial score (nSPS) is 18.8. The Morgan fingerprint density at radius 2 is 1.94 bits per heavy atom. The quantitative estimate of drug-likeness (QED) is 0.848. The Morgan fingerprint density at radius 3 is 2.50 bits per heavy atom. The van der Waals surface area contributed by atoms with Gasteiger partial charge in [0.15, 0.2) is 5.03 Å². The van der Waals surface area contributed by atoms with Crippen LogP contribution in [-0.2, 0) is 14.3 Å². The van der Waals surface area contributed by atoms with Crippen LogP contribution in [0.5, 0.6) is 5.75 Å². The molecule has 2 rings (SSSR count). The van der Waals surface area contributed by atoms with Gasteiger partial charge in [0.05, 0.1) is 7.11 Å². The molecular weight excluding hydrogens is 258 g/mol. The second-order valence-electron chi connectivity index (χ2n) is 3.55. The molecule has 0 amide bonds. The van der Waals surface area contributed by atoms with Crippen LogP contribution in [0.2, 0.25) is 0 Å². The van der Waals surface area contributed by atoms with Gasteiger partial charge in [0.25, 0.3) is 0 Å². The van der Waals surface area contributed by atoms with Crippen LogP contribution in [0.1, 0.15) is 0 Å². The van der Waals surface area contributed by atoms with Gasteiger partial charge in [-0.25, -0.2) is 4.79 Å². The number of hydrogen-bond donors (Lipinski definition) is 1. The van der Waals surface area contributed by atoms with Gasteiger partial charge in [-0.1, -0.05) is 11.6 Å². The summed E-state index contributed by atoms with van der Waals surface area (Å²) >= 11 is 5.85. The van der Waals surface area contributed by atoms with Crippen LogP contribution in [0.15, 0.2) is 35.0 Å². The first kappa shape index (κ1) is 12.7. The van der Waals surface area contributed by atoms with E-state index < -0.39 is 12.3 Å². The fourth-order valence-electron chi connectivity index (χ4n) is 1.53. The fourth-order valence-corrected chi connectivity index (χ4v) is 1.71. The molecule has 6 heteroatoms. The summed E-state index contributed by atoms with van der Waals surface area (Å²) in [5.41, 5.74) is 1.15. The van der Waals surface area contributed by atoms with E-state index in [4.69, 9.17) is 25.8 Å². The maximum absolute atomic E-state index is 11.3. The Labute approximate surface area is 109 Å². The first-order valence-corrected chi connectivity index (χ1v) is 5.58.